The first-order valence-electron chi connectivity index (χ1n) is 5.24. The maximum atomic E-state index is 5.60. The van der Waals surface area contributed by atoms with Gasteiger partial charge >= 0.3 is 0 Å². The van der Waals surface area contributed by atoms with Crippen molar-refractivity contribution in [1.29, 1.82) is 0 Å². The first-order valence-corrected chi connectivity index (χ1v) is 5.24. The van der Waals surface area contributed by atoms with Gasteiger partial charge in [0.2, 0.25) is 0 Å². The number of nitrogens with zero attached hydrogens (tertiary/aromatic N) is 1. The van der Waals surface area contributed by atoms with Gasteiger partial charge in [0.15, 0.2) is 6.29 Å². The fraction of sp³-hybridized carbons (Fsp3) is 1.00. The number of ether oxygens (including phenoxy) is 2. The van der Waals surface area contributed by atoms with Gasteiger partial charge in [-0.05, 0) is 13.5 Å². The van der Waals surface area contributed by atoms with Crippen LogP contribution in [0.1, 0.15) is 26.2 Å². The van der Waals surface area contributed by atoms with Crippen LogP contribution < -0.4 is 0 Å². The minimum atomic E-state index is 0.0384. The molecule has 13 heavy (non-hydrogen) atoms. The Kier molecular flexibility index (Phi) is 5.35. The Bertz CT molecular complexity index is 130. The topological polar surface area (TPSA) is 21.7 Å². The molecule has 0 saturated carbocycles. The van der Waals surface area contributed by atoms with Gasteiger partial charge in [0, 0.05) is 26.1 Å². The summed E-state index contributed by atoms with van der Waals surface area (Å²) in [5.41, 5.74) is 0. The van der Waals surface area contributed by atoms with Crippen LogP contribution in [-0.2, 0) is 9.47 Å². The van der Waals surface area contributed by atoms with Gasteiger partial charge in [-0.2, -0.15) is 0 Å². The number of likely N-dealkylation sites (N-methyl/N-ethyl adjacent to an activating group) is 1. The van der Waals surface area contributed by atoms with Crippen LogP contribution in [0.2, 0.25) is 0 Å². The summed E-state index contributed by atoms with van der Waals surface area (Å²) in [6, 6.07) is 0. The predicted molar refractivity (Wildman–Crippen MR) is 52.7 cm³/mol. The first kappa shape index (κ1) is 11.0. The highest BCUT2D eigenvalue weighted by Crippen LogP contribution is 2.07. The molecule has 0 spiro atoms. The molecule has 0 aromatic heterocycles. The molecule has 0 amide bonds. The maximum Gasteiger partial charge on any atom is 0.158 e. The molecule has 1 aliphatic heterocycles. The van der Waals surface area contributed by atoms with Crippen LogP contribution in [0, 0.1) is 0 Å². The molecular weight excluding hydrogens is 166 g/mol. The third-order valence-electron chi connectivity index (χ3n) is 2.32. The van der Waals surface area contributed by atoms with Gasteiger partial charge in [0.25, 0.3) is 0 Å². The Balaban J connectivity index is 2.11. The number of rotatable bonds is 4. The molecule has 0 N–H and O–H groups in total. The summed E-state index contributed by atoms with van der Waals surface area (Å²) in [6.45, 7) is 5.91. The fourth-order valence-corrected chi connectivity index (χ4v) is 1.35. The van der Waals surface area contributed by atoms with Crippen LogP contribution in [-0.4, -0.2) is 44.5 Å². The lowest BCUT2D eigenvalue weighted by molar-refractivity contribution is -0.137. The average Bonchev–Trinajstić information content (AvgIpc) is 2.32. The highest BCUT2D eigenvalue weighted by atomic mass is 16.7. The molecule has 0 radical (unpaired) electrons. The van der Waals surface area contributed by atoms with Crippen molar-refractivity contribution in [2.24, 2.45) is 0 Å². The number of hydrogen-bond donors (Lipinski definition) is 0. The monoisotopic (exact) mass is 187 g/mol. The minimum absolute atomic E-state index is 0.0384. The summed E-state index contributed by atoms with van der Waals surface area (Å²) in [7, 11) is 2.12. The van der Waals surface area contributed by atoms with Crippen molar-refractivity contribution in [2.45, 2.75) is 32.5 Å². The second-order valence-corrected chi connectivity index (χ2v) is 3.62. The lowest BCUT2D eigenvalue weighted by Crippen LogP contribution is -2.21. The normalized spacial score (nSPS) is 25.8. The molecule has 0 aliphatic carbocycles. The molecule has 1 atom stereocenters. The SMILES string of the molecule is CCCCOC1CCN(C)CCO1. The van der Waals surface area contributed by atoms with Gasteiger partial charge in [0.05, 0.1) is 6.61 Å². The molecule has 1 saturated heterocycles. The van der Waals surface area contributed by atoms with Crippen molar-refractivity contribution in [3.05, 3.63) is 0 Å². The third-order valence-corrected chi connectivity index (χ3v) is 2.32. The van der Waals surface area contributed by atoms with E-state index >= 15 is 0 Å². The van der Waals surface area contributed by atoms with E-state index in [-0.39, 0.29) is 6.29 Å². The van der Waals surface area contributed by atoms with E-state index in [1.807, 2.05) is 0 Å². The standard InChI is InChI=1S/C10H21NO2/c1-3-4-8-12-10-5-6-11(2)7-9-13-10/h10H,3-9H2,1-2H3. The molecule has 3 nitrogen and oxygen atoms in total. The van der Waals surface area contributed by atoms with Gasteiger partial charge in [-0.1, -0.05) is 13.3 Å². The molecule has 1 fully saturated rings. The first-order chi connectivity index (χ1) is 6.33. The Hall–Kier alpha value is -0.120. The van der Waals surface area contributed by atoms with Crippen LogP contribution in [0.15, 0.2) is 0 Å². The lowest BCUT2D eigenvalue weighted by atomic mass is 10.3. The second-order valence-electron chi connectivity index (χ2n) is 3.62. The molecule has 1 rings (SSSR count). The van der Waals surface area contributed by atoms with Crippen molar-refractivity contribution in [3.8, 4) is 0 Å². The summed E-state index contributed by atoms with van der Waals surface area (Å²) in [5, 5.41) is 0. The molecule has 78 valence electrons. The van der Waals surface area contributed by atoms with E-state index in [4.69, 9.17) is 9.47 Å². The van der Waals surface area contributed by atoms with Crippen LogP contribution in [0.5, 0.6) is 0 Å². The van der Waals surface area contributed by atoms with E-state index in [0.717, 1.165) is 39.1 Å². The zero-order valence-corrected chi connectivity index (χ0v) is 8.79. The van der Waals surface area contributed by atoms with Gasteiger partial charge < -0.3 is 14.4 Å². The van der Waals surface area contributed by atoms with E-state index in [1.165, 1.54) is 6.42 Å². The predicted octanol–water partition coefficient (Wildman–Crippen LogP) is 1.48. The highest BCUT2D eigenvalue weighted by molar-refractivity contribution is 4.59. The largest absolute Gasteiger partial charge is 0.353 e. The van der Waals surface area contributed by atoms with Crippen LogP contribution in [0.25, 0.3) is 0 Å². The average molecular weight is 187 g/mol. The Morgan fingerprint density at radius 1 is 1.46 bits per heavy atom. The Labute approximate surface area is 81.0 Å². The van der Waals surface area contributed by atoms with E-state index in [9.17, 15) is 0 Å². The van der Waals surface area contributed by atoms with Crippen LogP contribution >= 0.6 is 0 Å². The smallest absolute Gasteiger partial charge is 0.158 e. The molecule has 1 aliphatic rings. The van der Waals surface area contributed by atoms with Gasteiger partial charge in [-0.15, -0.1) is 0 Å². The Morgan fingerprint density at radius 2 is 2.31 bits per heavy atom. The van der Waals surface area contributed by atoms with Crippen LogP contribution in [0.3, 0.4) is 0 Å². The zero-order valence-electron chi connectivity index (χ0n) is 8.79. The van der Waals surface area contributed by atoms with E-state index < -0.39 is 0 Å². The van der Waals surface area contributed by atoms with Crippen molar-refractivity contribution >= 4 is 0 Å². The van der Waals surface area contributed by atoms with Gasteiger partial charge in [-0.3, -0.25) is 0 Å². The van der Waals surface area contributed by atoms with E-state index in [0.29, 0.717) is 0 Å². The van der Waals surface area contributed by atoms with Crippen molar-refractivity contribution < 1.29 is 9.47 Å². The molecule has 1 unspecified atom stereocenters. The van der Waals surface area contributed by atoms with Crippen molar-refractivity contribution in [3.63, 3.8) is 0 Å². The summed E-state index contributed by atoms with van der Waals surface area (Å²) in [4.78, 5) is 2.28. The quantitative estimate of drug-likeness (QED) is 0.622. The molecule has 3 heteroatoms. The van der Waals surface area contributed by atoms with Crippen molar-refractivity contribution in [1.82, 2.24) is 4.90 Å². The van der Waals surface area contributed by atoms with E-state index in [1.54, 1.807) is 0 Å². The summed E-state index contributed by atoms with van der Waals surface area (Å²) >= 11 is 0. The van der Waals surface area contributed by atoms with E-state index in [2.05, 4.69) is 18.9 Å². The molecule has 0 aromatic rings. The fourth-order valence-electron chi connectivity index (χ4n) is 1.35. The minimum Gasteiger partial charge on any atom is -0.353 e. The second kappa shape index (κ2) is 6.35. The van der Waals surface area contributed by atoms with Crippen LogP contribution in [0.4, 0.5) is 0 Å². The third kappa shape index (κ3) is 4.60. The Morgan fingerprint density at radius 3 is 3.08 bits per heavy atom. The summed E-state index contributed by atoms with van der Waals surface area (Å²) in [6.07, 6.45) is 3.36. The maximum absolute atomic E-state index is 5.60. The number of unbranched alkanes of at least 4 members (excludes halogenated alkanes) is 1. The molecule has 0 aromatic carbocycles. The summed E-state index contributed by atoms with van der Waals surface area (Å²) < 4.78 is 11.2. The lowest BCUT2D eigenvalue weighted by Gasteiger charge is -2.15. The molecule has 1 heterocycles. The van der Waals surface area contributed by atoms with Gasteiger partial charge in [0.1, 0.15) is 0 Å². The molecule has 0 bridgehead atoms. The van der Waals surface area contributed by atoms with Crippen molar-refractivity contribution in [2.75, 3.05) is 33.4 Å². The highest BCUT2D eigenvalue weighted by Gasteiger charge is 2.14. The van der Waals surface area contributed by atoms with Gasteiger partial charge in [-0.25, -0.2) is 0 Å². The molecular formula is C10H21NO2. The zero-order chi connectivity index (χ0) is 9.52. The number of hydrogen-bond acceptors (Lipinski definition) is 3. The summed E-state index contributed by atoms with van der Waals surface area (Å²) in [5.74, 6) is 0.